The van der Waals surface area contributed by atoms with Gasteiger partial charge in [0.2, 0.25) is 0 Å². The molecule has 0 unspecified atom stereocenters. The van der Waals surface area contributed by atoms with E-state index in [2.05, 4.69) is 10.3 Å². The molecule has 0 spiro atoms. The fourth-order valence-electron chi connectivity index (χ4n) is 1.11. The number of hydrogen-bond acceptors (Lipinski definition) is 5. The molecule has 0 aliphatic heterocycles. The van der Waals surface area contributed by atoms with Crippen LogP contribution in [-0.4, -0.2) is 4.98 Å². The fourth-order valence-corrected chi connectivity index (χ4v) is 1.11. The number of anilines is 3. The number of nitrogens with two attached hydrogens (primary N) is 1. The quantitative estimate of drug-likeness (QED) is 0.649. The Balaban J connectivity index is 2.30. The molecular weight excluding hydrogens is 182 g/mol. The molecule has 0 fully saturated rings. The van der Waals surface area contributed by atoms with E-state index in [1.165, 1.54) is 0 Å². The first-order valence-electron chi connectivity index (χ1n) is 3.96. The van der Waals surface area contributed by atoms with Crippen LogP contribution in [0.15, 0.2) is 34.1 Å². The van der Waals surface area contributed by atoms with E-state index in [4.69, 9.17) is 5.73 Å². The largest absolute Gasteiger partial charge is 0.394 e. The Bertz CT molecular complexity index is 526. The first-order chi connectivity index (χ1) is 6.70. The number of aromatic nitrogens is 1. The Hall–Kier alpha value is -2.17. The highest BCUT2D eigenvalue weighted by molar-refractivity contribution is 5.76. The van der Waals surface area contributed by atoms with Gasteiger partial charge in [0, 0.05) is 18.1 Å². The highest BCUT2D eigenvalue weighted by Gasteiger charge is 2.17. The van der Waals surface area contributed by atoms with Crippen molar-refractivity contribution in [2.24, 2.45) is 0 Å². The molecule has 14 heavy (non-hydrogen) atoms. The zero-order chi connectivity index (χ0) is 10.1. The van der Waals surface area contributed by atoms with Gasteiger partial charge in [-0.15, -0.1) is 0 Å². The number of nitrogens with zero attached hydrogens (tertiary/aromatic N) is 1. The van der Waals surface area contributed by atoms with E-state index in [-0.39, 0.29) is 11.4 Å². The third-order valence-electron chi connectivity index (χ3n) is 1.90. The molecule has 0 amide bonds. The molecule has 3 N–H and O–H groups in total. The Morgan fingerprint density at radius 3 is 2.36 bits per heavy atom. The first-order valence-corrected chi connectivity index (χ1v) is 3.96. The maximum atomic E-state index is 11.0. The van der Waals surface area contributed by atoms with Crippen molar-refractivity contribution in [3.8, 4) is 0 Å². The maximum absolute atomic E-state index is 11.0. The molecule has 0 saturated heterocycles. The molecule has 2 aromatic rings. The normalized spacial score (nSPS) is 10.3. The minimum atomic E-state index is -0.624. The summed E-state index contributed by atoms with van der Waals surface area (Å²) in [5.74, 6) is 0. The molecule has 5 heteroatoms. The van der Waals surface area contributed by atoms with Gasteiger partial charge in [-0.05, 0) is 12.1 Å². The Kier molecular flexibility index (Phi) is 1.78. The molecule has 0 radical (unpaired) electrons. The summed E-state index contributed by atoms with van der Waals surface area (Å²) >= 11 is 0. The number of pyridine rings is 1. The van der Waals surface area contributed by atoms with Crippen LogP contribution in [0.3, 0.4) is 0 Å². The van der Waals surface area contributed by atoms with Crippen LogP contribution in [0.4, 0.5) is 17.1 Å². The zero-order valence-electron chi connectivity index (χ0n) is 7.15. The van der Waals surface area contributed by atoms with Crippen molar-refractivity contribution in [2.45, 2.75) is 0 Å². The Labute approximate surface area is 78.9 Å². The number of hydrogen-bond donors (Lipinski definition) is 2. The SMILES string of the molecule is Nc1c(Nc2ccncc2)c(=O)c1=O. The molecule has 2 rings (SSSR count). The van der Waals surface area contributed by atoms with Crippen molar-refractivity contribution in [1.82, 2.24) is 4.98 Å². The molecular formula is C9H7N3O2. The van der Waals surface area contributed by atoms with Crippen LogP contribution in [0.2, 0.25) is 0 Å². The summed E-state index contributed by atoms with van der Waals surface area (Å²) in [6, 6.07) is 3.35. The lowest BCUT2D eigenvalue weighted by Crippen LogP contribution is -2.36. The van der Waals surface area contributed by atoms with Crippen molar-refractivity contribution in [2.75, 3.05) is 11.1 Å². The minimum absolute atomic E-state index is 0.00758. The van der Waals surface area contributed by atoms with Gasteiger partial charge in [-0.25, -0.2) is 0 Å². The molecule has 0 bridgehead atoms. The van der Waals surface area contributed by atoms with Crippen LogP contribution in [0.25, 0.3) is 0 Å². The average Bonchev–Trinajstić information content (AvgIpc) is 2.26. The highest BCUT2D eigenvalue weighted by atomic mass is 16.2. The van der Waals surface area contributed by atoms with Gasteiger partial charge in [-0.2, -0.15) is 0 Å². The van der Waals surface area contributed by atoms with Crippen LogP contribution in [0.1, 0.15) is 0 Å². The molecule has 1 aromatic carbocycles. The number of nitrogens with one attached hydrogen (secondary N) is 1. The van der Waals surface area contributed by atoms with Crippen LogP contribution >= 0.6 is 0 Å². The summed E-state index contributed by atoms with van der Waals surface area (Å²) in [6.45, 7) is 0. The summed E-state index contributed by atoms with van der Waals surface area (Å²) in [5.41, 5.74) is 4.98. The second-order valence-electron chi connectivity index (χ2n) is 2.81. The molecule has 1 heterocycles. The van der Waals surface area contributed by atoms with E-state index < -0.39 is 10.9 Å². The summed E-state index contributed by atoms with van der Waals surface area (Å²) in [4.78, 5) is 25.6. The van der Waals surface area contributed by atoms with Crippen molar-refractivity contribution in [3.63, 3.8) is 0 Å². The highest BCUT2D eigenvalue weighted by Crippen LogP contribution is 2.16. The fraction of sp³-hybridized carbons (Fsp3) is 0. The van der Waals surface area contributed by atoms with E-state index in [0.29, 0.717) is 5.69 Å². The van der Waals surface area contributed by atoms with Gasteiger partial charge in [0.25, 0.3) is 10.9 Å². The van der Waals surface area contributed by atoms with Crippen molar-refractivity contribution < 1.29 is 0 Å². The van der Waals surface area contributed by atoms with Gasteiger partial charge in [0.1, 0.15) is 11.4 Å². The smallest absolute Gasteiger partial charge is 0.253 e. The molecule has 1 aromatic heterocycles. The minimum Gasteiger partial charge on any atom is -0.394 e. The van der Waals surface area contributed by atoms with E-state index in [9.17, 15) is 9.59 Å². The predicted octanol–water partition coefficient (Wildman–Crippen LogP) is 0.00340. The van der Waals surface area contributed by atoms with E-state index in [1.807, 2.05) is 0 Å². The number of rotatable bonds is 2. The lowest BCUT2D eigenvalue weighted by Gasteiger charge is -2.08. The van der Waals surface area contributed by atoms with E-state index >= 15 is 0 Å². The summed E-state index contributed by atoms with van der Waals surface area (Å²) < 4.78 is 0. The monoisotopic (exact) mass is 189 g/mol. The third kappa shape index (κ3) is 1.15. The van der Waals surface area contributed by atoms with Gasteiger partial charge < -0.3 is 11.1 Å². The molecule has 5 nitrogen and oxygen atoms in total. The maximum Gasteiger partial charge on any atom is 0.253 e. The van der Waals surface area contributed by atoms with Crippen LogP contribution in [0, 0.1) is 0 Å². The van der Waals surface area contributed by atoms with Gasteiger partial charge in [0.05, 0.1) is 0 Å². The van der Waals surface area contributed by atoms with E-state index in [0.717, 1.165) is 0 Å². The molecule has 0 atom stereocenters. The standard InChI is InChI=1S/C9H7N3O2/c10-6-7(9(14)8(6)13)12-5-1-3-11-4-2-5/h1-4H,10H2,(H,11,12). The van der Waals surface area contributed by atoms with Crippen molar-refractivity contribution in [1.29, 1.82) is 0 Å². The topological polar surface area (TPSA) is 85.1 Å². The second kappa shape index (κ2) is 2.95. The molecule has 0 aliphatic rings. The van der Waals surface area contributed by atoms with Crippen molar-refractivity contribution in [3.05, 3.63) is 45.0 Å². The molecule has 0 aliphatic carbocycles. The lowest BCUT2D eigenvalue weighted by molar-refractivity contribution is 1.31. The number of nitrogen functional groups attached to an aromatic ring is 1. The van der Waals surface area contributed by atoms with Gasteiger partial charge >= 0.3 is 0 Å². The summed E-state index contributed by atoms with van der Waals surface area (Å²) in [7, 11) is 0. The Morgan fingerprint density at radius 2 is 1.79 bits per heavy atom. The third-order valence-corrected chi connectivity index (χ3v) is 1.90. The Morgan fingerprint density at radius 1 is 1.14 bits per heavy atom. The van der Waals surface area contributed by atoms with E-state index in [1.54, 1.807) is 24.5 Å². The van der Waals surface area contributed by atoms with Crippen LogP contribution in [0.5, 0.6) is 0 Å². The average molecular weight is 189 g/mol. The van der Waals surface area contributed by atoms with Gasteiger partial charge in [-0.3, -0.25) is 14.6 Å². The molecule has 0 saturated carbocycles. The molecule has 70 valence electrons. The second-order valence-corrected chi connectivity index (χ2v) is 2.81. The lowest BCUT2D eigenvalue weighted by atomic mass is 10.2. The van der Waals surface area contributed by atoms with Crippen molar-refractivity contribution >= 4 is 17.1 Å². The first kappa shape index (κ1) is 8.43. The summed E-state index contributed by atoms with van der Waals surface area (Å²) in [6.07, 6.45) is 3.15. The zero-order valence-corrected chi connectivity index (χ0v) is 7.15. The summed E-state index contributed by atoms with van der Waals surface area (Å²) in [5, 5.41) is 2.75. The van der Waals surface area contributed by atoms with Gasteiger partial charge in [0.15, 0.2) is 0 Å². The predicted molar refractivity (Wildman–Crippen MR) is 53.3 cm³/mol. The van der Waals surface area contributed by atoms with Crippen LogP contribution in [-0.2, 0) is 0 Å². The van der Waals surface area contributed by atoms with Crippen LogP contribution < -0.4 is 21.9 Å². The van der Waals surface area contributed by atoms with Gasteiger partial charge in [-0.1, -0.05) is 0 Å².